The summed E-state index contributed by atoms with van der Waals surface area (Å²) in [6.07, 6.45) is 4.33. The molecule has 1 N–H and O–H groups in total. The van der Waals surface area contributed by atoms with Crippen molar-refractivity contribution in [2.24, 2.45) is 5.92 Å². The monoisotopic (exact) mass is 324 g/mol. The molecule has 1 amide bonds. The maximum atomic E-state index is 12.3. The Morgan fingerprint density at radius 2 is 1.96 bits per heavy atom. The maximum absolute atomic E-state index is 12.3. The molecule has 0 bridgehead atoms. The van der Waals surface area contributed by atoms with Crippen molar-refractivity contribution < 1.29 is 4.79 Å². The van der Waals surface area contributed by atoms with Crippen molar-refractivity contribution in [2.75, 3.05) is 19.6 Å². The van der Waals surface area contributed by atoms with Crippen LogP contribution in [0.1, 0.15) is 30.6 Å². The molecule has 0 aliphatic carbocycles. The molecule has 1 saturated heterocycles. The van der Waals surface area contributed by atoms with E-state index < -0.39 is 0 Å². The minimum atomic E-state index is -0.0994. The fourth-order valence-corrected chi connectivity index (χ4v) is 3.02. The van der Waals surface area contributed by atoms with Crippen LogP contribution in [0, 0.1) is 5.92 Å². The summed E-state index contributed by atoms with van der Waals surface area (Å²) in [5.41, 5.74) is 1.46. The first-order valence-corrected chi connectivity index (χ1v) is 8.53. The van der Waals surface area contributed by atoms with Gasteiger partial charge in [0.1, 0.15) is 0 Å². The lowest BCUT2D eigenvalue weighted by Crippen LogP contribution is -2.33. The van der Waals surface area contributed by atoms with Crippen molar-refractivity contribution >= 4 is 5.91 Å². The van der Waals surface area contributed by atoms with E-state index >= 15 is 0 Å². The Morgan fingerprint density at radius 1 is 1.25 bits per heavy atom. The Balaban J connectivity index is 1.54. The molecule has 2 aromatic rings. The Bertz CT molecular complexity index is 670. The number of carbonyl (C=O) groups is 1. The van der Waals surface area contributed by atoms with E-state index in [0.29, 0.717) is 29.9 Å². The van der Waals surface area contributed by atoms with Gasteiger partial charge in [-0.2, -0.15) is 0 Å². The molecule has 3 rings (SSSR count). The first kappa shape index (κ1) is 16.6. The summed E-state index contributed by atoms with van der Waals surface area (Å²) >= 11 is 0. The third-order valence-corrected chi connectivity index (χ3v) is 4.54. The van der Waals surface area contributed by atoms with E-state index in [2.05, 4.69) is 34.0 Å². The van der Waals surface area contributed by atoms with Crippen LogP contribution < -0.4 is 5.32 Å². The van der Waals surface area contributed by atoms with Gasteiger partial charge in [0.15, 0.2) is 5.82 Å². The Labute approximate surface area is 143 Å². The number of benzene rings is 1. The molecule has 1 atom stereocenters. The molecule has 1 aromatic carbocycles. The second-order valence-electron chi connectivity index (χ2n) is 6.61. The van der Waals surface area contributed by atoms with Gasteiger partial charge in [0.2, 0.25) is 0 Å². The highest BCUT2D eigenvalue weighted by atomic mass is 16.1. The van der Waals surface area contributed by atoms with Gasteiger partial charge in [-0.25, -0.2) is 9.97 Å². The molecule has 5 nitrogen and oxygen atoms in total. The Morgan fingerprint density at radius 3 is 2.58 bits per heavy atom. The maximum Gasteiger partial charge on any atom is 0.254 e. The van der Waals surface area contributed by atoms with Crippen molar-refractivity contribution in [1.29, 1.82) is 0 Å². The SMILES string of the molecule is CC(C)N1CC[C@H](CNC(=O)c2cnc(-c3ccccc3)nc2)C1. The van der Waals surface area contributed by atoms with Crippen LogP contribution in [0.4, 0.5) is 0 Å². The summed E-state index contributed by atoms with van der Waals surface area (Å²) in [5, 5.41) is 3.01. The summed E-state index contributed by atoms with van der Waals surface area (Å²) in [7, 11) is 0. The second kappa shape index (κ2) is 7.53. The van der Waals surface area contributed by atoms with E-state index in [9.17, 15) is 4.79 Å². The number of aromatic nitrogens is 2. The number of hydrogen-bond donors (Lipinski definition) is 1. The van der Waals surface area contributed by atoms with Gasteiger partial charge >= 0.3 is 0 Å². The number of rotatable bonds is 5. The molecule has 2 heterocycles. The summed E-state index contributed by atoms with van der Waals surface area (Å²) in [5.74, 6) is 1.06. The van der Waals surface area contributed by atoms with Gasteiger partial charge in [-0.3, -0.25) is 4.79 Å². The molecule has 1 aliphatic rings. The van der Waals surface area contributed by atoms with E-state index in [0.717, 1.165) is 25.1 Å². The van der Waals surface area contributed by atoms with Crippen molar-refractivity contribution in [3.05, 3.63) is 48.3 Å². The van der Waals surface area contributed by atoms with Crippen LogP contribution in [0.5, 0.6) is 0 Å². The van der Waals surface area contributed by atoms with Gasteiger partial charge < -0.3 is 10.2 Å². The van der Waals surface area contributed by atoms with Crippen LogP contribution in [-0.4, -0.2) is 46.5 Å². The topological polar surface area (TPSA) is 58.1 Å². The molecule has 0 spiro atoms. The van der Waals surface area contributed by atoms with E-state index in [1.54, 1.807) is 12.4 Å². The second-order valence-corrected chi connectivity index (χ2v) is 6.61. The summed E-state index contributed by atoms with van der Waals surface area (Å²) in [6.45, 7) is 7.32. The van der Waals surface area contributed by atoms with Gasteiger partial charge in [0.25, 0.3) is 5.91 Å². The third kappa shape index (κ3) is 3.97. The molecular weight excluding hydrogens is 300 g/mol. The molecule has 1 aliphatic heterocycles. The zero-order valence-electron chi connectivity index (χ0n) is 14.3. The van der Waals surface area contributed by atoms with Crippen LogP contribution in [0.2, 0.25) is 0 Å². The van der Waals surface area contributed by atoms with E-state index in [4.69, 9.17) is 0 Å². The first-order valence-electron chi connectivity index (χ1n) is 8.53. The van der Waals surface area contributed by atoms with Gasteiger partial charge in [-0.1, -0.05) is 30.3 Å². The summed E-state index contributed by atoms with van der Waals surface area (Å²) < 4.78 is 0. The number of nitrogens with zero attached hydrogens (tertiary/aromatic N) is 3. The number of likely N-dealkylation sites (tertiary alicyclic amines) is 1. The lowest BCUT2D eigenvalue weighted by molar-refractivity contribution is 0.0946. The predicted molar refractivity (Wildman–Crippen MR) is 94.6 cm³/mol. The molecule has 1 fully saturated rings. The van der Waals surface area contributed by atoms with Crippen LogP contribution in [0.3, 0.4) is 0 Å². The highest BCUT2D eigenvalue weighted by Gasteiger charge is 2.24. The predicted octanol–water partition coefficient (Wildman–Crippen LogP) is 2.60. The largest absolute Gasteiger partial charge is 0.352 e. The molecule has 24 heavy (non-hydrogen) atoms. The van der Waals surface area contributed by atoms with Crippen LogP contribution in [0.15, 0.2) is 42.7 Å². The van der Waals surface area contributed by atoms with Gasteiger partial charge in [0, 0.05) is 37.1 Å². The number of nitrogens with one attached hydrogen (secondary N) is 1. The molecular formula is C19H24N4O. The Hall–Kier alpha value is -2.27. The van der Waals surface area contributed by atoms with Crippen molar-refractivity contribution in [1.82, 2.24) is 20.2 Å². The fraction of sp³-hybridized carbons (Fsp3) is 0.421. The lowest BCUT2D eigenvalue weighted by atomic mass is 10.1. The highest BCUT2D eigenvalue weighted by Crippen LogP contribution is 2.18. The van der Waals surface area contributed by atoms with Crippen LogP contribution in [-0.2, 0) is 0 Å². The molecule has 5 heteroatoms. The van der Waals surface area contributed by atoms with Gasteiger partial charge in [-0.15, -0.1) is 0 Å². The number of amides is 1. The average Bonchev–Trinajstić information content (AvgIpc) is 3.10. The quantitative estimate of drug-likeness (QED) is 0.918. The first-order chi connectivity index (χ1) is 11.6. The summed E-state index contributed by atoms with van der Waals surface area (Å²) in [6, 6.07) is 10.3. The standard InChI is InChI=1S/C19H24N4O/c1-14(2)23-9-8-15(13-23)10-22-19(24)17-11-20-18(21-12-17)16-6-4-3-5-7-16/h3-7,11-12,14-15H,8-10,13H2,1-2H3,(H,22,24)/t15-/m1/s1. The molecule has 0 unspecified atom stereocenters. The van der Waals surface area contributed by atoms with Crippen LogP contribution in [0.25, 0.3) is 11.4 Å². The summed E-state index contributed by atoms with van der Waals surface area (Å²) in [4.78, 5) is 23.3. The van der Waals surface area contributed by atoms with Crippen molar-refractivity contribution in [2.45, 2.75) is 26.3 Å². The molecule has 0 radical (unpaired) electrons. The van der Waals surface area contributed by atoms with Crippen LogP contribution >= 0.6 is 0 Å². The van der Waals surface area contributed by atoms with Gasteiger partial charge in [-0.05, 0) is 32.7 Å². The lowest BCUT2D eigenvalue weighted by Gasteiger charge is -2.20. The molecule has 1 aromatic heterocycles. The van der Waals surface area contributed by atoms with Crippen molar-refractivity contribution in [3.8, 4) is 11.4 Å². The zero-order chi connectivity index (χ0) is 16.9. The molecule has 0 saturated carbocycles. The normalized spacial score (nSPS) is 18.0. The molecule has 126 valence electrons. The van der Waals surface area contributed by atoms with E-state index in [1.807, 2.05) is 30.3 Å². The fourth-order valence-electron chi connectivity index (χ4n) is 3.02. The Kier molecular flexibility index (Phi) is 5.20. The smallest absolute Gasteiger partial charge is 0.254 e. The zero-order valence-corrected chi connectivity index (χ0v) is 14.3. The van der Waals surface area contributed by atoms with Gasteiger partial charge in [0.05, 0.1) is 5.56 Å². The number of hydrogen-bond acceptors (Lipinski definition) is 4. The average molecular weight is 324 g/mol. The minimum Gasteiger partial charge on any atom is -0.352 e. The minimum absolute atomic E-state index is 0.0994. The third-order valence-electron chi connectivity index (χ3n) is 4.54. The van der Waals surface area contributed by atoms with E-state index in [-0.39, 0.29) is 5.91 Å². The number of carbonyl (C=O) groups excluding carboxylic acids is 1. The highest BCUT2D eigenvalue weighted by molar-refractivity contribution is 5.93. The van der Waals surface area contributed by atoms with Crippen molar-refractivity contribution in [3.63, 3.8) is 0 Å². The van der Waals surface area contributed by atoms with E-state index in [1.165, 1.54) is 0 Å².